The first kappa shape index (κ1) is 24.4. The van der Waals surface area contributed by atoms with Gasteiger partial charge in [0.1, 0.15) is 17.2 Å². The Morgan fingerprint density at radius 2 is 1.80 bits per heavy atom. The van der Waals surface area contributed by atoms with Crippen LogP contribution in [0.2, 0.25) is 0 Å². The van der Waals surface area contributed by atoms with Crippen LogP contribution in [-0.2, 0) is 14.8 Å². The van der Waals surface area contributed by atoms with E-state index in [1.54, 1.807) is 62.8 Å². The number of carbonyl (C=O) groups excluding carboxylic acids is 1. The number of rotatable bonds is 7. The maximum atomic E-state index is 13.5. The van der Waals surface area contributed by atoms with Gasteiger partial charge in [0.2, 0.25) is 0 Å². The van der Waals surface area contributed by atoms with Gasteiger partial charge >= 0.3 is 0 Å². The molecule has 0 saturated carbocycles. The summed E-state index contributed by atoms with van der Waals surface area (Å²) in [6.45, 7) is 3.52. The van der Waals surface area contributed by atoms with Gasteiger partial charge in [0.15, 0.2) is 6.10 Å². The predicted octanol–water partition coefficient (Wildman–Crippen LogP) is 3.85. The molecular weight excluding hydrogens is 468 g/mol. The molecule has 9 heteroatoms. The van der Waals surface area contributed by atoms with Crippen molar-refractivity contribution in [3.8, 4) is 17.2 Å². The second-order valence-corrected chi connectivity index (χ2v) is 10.1. The van der Waals surface area contributed by atoms with E-state index in [1.807, 2.05) is 19.9 Å². The molecule has 3 aromatic rings. The van der Waals surface area contributed by atoms with Crippen molar-refractivity contribution in [2.24, 2.45) is 0 Å². The van der Waals surface area contributed by atoms with Crippen LogP contribution in [0, 0.1) is 6.92 Å². The van der Waals surface area contributed by atoms with Crippen molar-refractivity contribution in [2.45, 2.75) is 30.9 Å². The lowest BCUT2D eigenvalue weighted by Crippen LogP contribution is -2.51. The molecule has 1 aliphatic heterocycles. The van der Waals surface area contributed by atoms with Crippen LogP contribution in [0.15, 0.2) is 71.6 Å². The van der Waals surface area contributed by atoms with E-state index in [9.17, 15) is 13.2 Å². The molecule has 1 heterocycles. The van der Waals surface area contributed by atoms with E-state index in [0.717, 1.165) is 11.1 Å². The van der Waals surface area contributed by atoms with E-state index in [4.69, 9.17) is 14.2 Å². The number of nitrogens with one attached hydrogen (secondary N) is 1. The molecule has 8 nitrogen and oxygen atoms in total. The number of ether oxygens (including phenoxy) is 3. The highest BCUT2D eigenvalue weighted by Gasteiger charge is 2.38. The Morgan fingerprint density at radius 3 is 2.49 bits per heavy atom. The van der Waals surface area contributed by atoms with Gasteiger partial charge in [0, 0.05) is 5.56 Å². The summed E-state index contributed by atoms with van der Waals surface area (Å²) >= 11 is 0. The smallest absolute Gasteiger partial charge is 0.264 e. The van der Waals surface area contributed by atoms with E-state index in [2.05, 4.69) is 5.32 Å². The summed E-state index contributed by atoms with van der Waals surface area (Å²) in [5, 5.41) is 2.93. The van der Waals surface area contributed by atoms with Crippen molar-refractivity contribution >= 4 is 21.6 Å². The average Bonchev–Trinajstić information content (AvgIpc) is 2.87. The van der Waals surface area contributed by atoms with E-state index in [-0.39, 0.29) is 11.4 Å². The highest BCUT2D eigenvalue weighted by molar-refractivity contribution is 7.92. The zero-order chi connectivity index (χ0) is 25.2. The molecule has 0 fully saturated rings. The number of hydrogen-bond donors (Lipinski definition) is 1. The highest BCUT2D eigenvalue weighted by Crippen LogP contribution is 2.38. The molecule has 1 N–H and O–H groups in total. The normalized spacial score (nSPS) is 16.0. The topological polar surface area (TPSA) is 94.2 Å². The first-order valence-electron chi connectivity index (χ1n) is 11.1. The SMILES string of the molecule is COc1ccc(OC)c([C@@H](C)NC(=O)[C@H]2CN(S(=O)(=O)c3ccccc3)c3ccc(C)cc3O2)c1. The summed E-state index contributed by atoms with van der Waals surface area (Å²) in [7, 11) is -0.806. The van der Waals surface area contributed by atoms with Gasteiger partial charge < -0.3 is 19.5 Å². The van der Waals surface area contributed by atoms with E-state index in [1.165, 1.54) is 16.4 Å². The number of fused-ring (bicyclic) bond motifs is 1. The van der Waals surface area contributed by atoms with Crippen LogP contribution in [0.1, 0.15) is 24.1 Å². The Bertz CT molecular complexity index is 1330. The van der Waals surface area contributed by atoms with Crippen molar-refractivity contribution in [2.75, 3.05) is 25.1 Å². The van der Waals surface area contributed by atoms with Gasteiger partial charge in [-0.1, -0.05) is 24.3 Å². The van der Waals surface area contributed by atoms with Gasteiger partial charge in [-0.25, -0.2) is 8.42 Å². The molecule has 0 spiro atoms. The zero-order valence-electron chi connectivity index (χ0n) is 20.0. The van der Waals surface area contributed by atoms with E-state index < -0.39 is 28.1 Å². The molecule has 2 atom stereocenters. The van der Waals surface area contributed by atoms with Crippen LogP contribution < -0.4 is 23.8 Å². The minimum Gasteiger partial charge on any atom is -0.497 e. The summed E-state index contributed by atoms with van der Waals surface area (Å²) in [6, 6.07) is 18.3. The lowest BCUT2D eigenvalue weighted by molar-refractivity contribution is -0.128. The van der Waals surface area contributed by atoms with Crippen LogP contribution in [0.25, 0.3) is 0 Å². The Hall–Kier alpha value is -3.72. The molecule has 35 heavy (non-hydrogen) atoms. The third-order valence-corrected chi connectivity index (χ3v) is 7.66. The minimum absolute atomic E-state index is 0.141. The van der Waals surface area contributed by atoms with Crippen LogP contribution in [0.4, 0.5) is 5.69 Å². The molecule has 3 aromatic carbocycles. The van der Waals surface area contributed by atoms with Gasteiger partial charge in [-0.05, 0) is 61.9 Å². The molecule has 0 unspecified atom stereocenters. The van der Waals surface area contributed by atoms with Gasteiger partial charge in [-0.3, -0.25) is 9.10 Å². The molecule has 1 amide bonds. The second kappa shape index (κ2) is 9.87. The number of hydrogen-bond acceptors (Lipinski definition) is 6. The lowest BCUT2D eigenvalue weighted by atomic mass is 10.1. The van der Waals surface area contributed by atoms with Crippen molar-refractivity contribution in [3.05, 3.63) is 77.9 Å². The fraction of sp³-hybridized carbons (Fsp3) is 0.269. The standard InChI is InChI=1S/C26H28N2O6S/c1-17-10-12-22-24(14-17)34-25(16-28(22)35(30,31)20-8-6-5-7-9-20)26(29)27-18(2)21-15-19(32-3)11-13-23(21)33-4/h5-15,18,25H,16H2,1-4H3,(H,27,29)/t18-,25-/m1/s1. The average molecular weight is 497 g/mol. The molecule has 184 valence electrons. The predicted molar refractivity (Wildman–Crippen MR) is 133 cm³/mol. The maximum Gasteiger partial charge on any atom is 0.264 e. The van der Waals surface area contributed by atoms with Crippen molar-refractivity contribution < 1.29 is 27.4 Å². The Morgan fingerprint density at radius 1 is 1.06 bits per heavy atom. The number of aryl methyl sites for hydroxylation is 1. The summed E-state index contributed by atoms with van der Waals surface area (Å²) in [5.41, 5.74) is 2.00. The molecule has 0 saturated heterocycles. The molecule has 4 rings (SSSR count). The Balaban J connectivity index is 1.64. The monoisotopic (exact) mass is 496 g/mol. The third-order valence-electron chi connectivity index (χ3n) is 5.87. The summed E-state index contributed by atoms with van der Waals surface area (Å²) in [5.74, 6) is 1.11. The zero-order valence-corrected chi connectivity index (χ0v) is 20.8. The maximum absolute atomic E-state index is 13.5. The molecule has 0 radical (unpaired) electrons. The van der Waals surface area contributed by atoms with Crippen molar-refractivity contribution in [1.29, 1.82) is 0 Å². The largest absolute Gasteiger partial charge is 0.497 e. The second-order valence-electron chi connectivity index (χ2n) is 8.27. The van der Waals surface area contributed by atoms with Crippen molar-refractivity contribution in [3.63, 3.8) is 0 Å². The Kier molecular flexibility index (Phi) is 6.88. The summed E-state index contributed by atoms with van der Waals surface area (Å²) in [4.78, 5) is 13.5. The number of nitrogens with zero attached hydrogens (tertiary/aromatic N) is 1. The molecule has 0 bridgehead atoms. The summed E-state index contributed by atoms with van der Waals surface area (Å²) in [6.07, 6.45) is -1.05. The molecule has 0 aromatic heterocycles. The van der Waals surface area contributed by atoms with Crippen LogP contribution in [0.3, 0.4) is 0 Å². The quantitative estimate of drug-likeness (QED) is 0.534. The highest BCUT2D eigenvalue weighted by atomic mass is 32.2. The van der Waals surface area contributed by atoms with Crippen molar-refractivity contribution in [1.82, 2.24) is 5.32 Å². The third kappa shape index (κ3) is 4.90. The molecule has 0 aliphatic carbocycles. The van der Waals surface area contributed by atoms with Crippen LogP contribution in [-0.4, -0.2) is 41.2 Å². The van der Waals surface area contributed by atoms with Gasteiger partial charge in [-0.15, -0.1) is 0 Å². The number of carbonyl (C=O) groups is 1. The number of sulfonamides is 1. The van der Waals surface area contributed by atoms with Crippen LogP contribution >= 0.6 is 0 Å². The fourth-order valence-corrected chi connectivity index (χ4v) is 5.50. The Labute approximate surface area is 205 Å². The lowest BCUT2D eigenvalue weighted by Gasteiger charge is -2.35. The fourth-order valence-electron chi connectivity index (χ4n) is 4.01. The number of anilines is 1. The molecule has 1 aliphatic rings. The van der Waals surface area contributed by atoms with E-state index >= 15 is 0 Å². The number of benzene rings is 3. The number of methoxy groups -OCH3 is 2. The first-order chi connectivity index (χ1) is 16.7. The number of amides is 1. The first-order valence-corrected chi connectivity index (χ1v) is 12.6. The van der Waals surface area contributed by atoms with E-state index in [0.29, 0.717) is 22.9 Å². The minimum atomic E-state index is -3.92. The van der Waals surface area contributed by atoms with Gasteiger partial charge in [-0.2, -0.15) is 0 Å². The molecular formula is C26H28N2O6S. The van der Waals surface area contributed by atoms with Gasteiger partial charge in [0.25, 0.3) is 15.9 Å². The van der Waals surface area contributed by atoms with Gasteiger partial charge in [0.05, 0.1) is 37.4 Å². The summed E-state index contributed by atoms with van der Waals surface area (Å²) < 4.78 is 45.0. The van der Waals surface area contributed by atoms with Crippen LogP contribution in [0.5, 0.6) is 17.2 Å².